The van der Waals surface area contributed by atoms with Crippen LogP contribution in [0.5, 0.6) is 0 Å². The molecule has 116 valence electrons. The maximum Gasteiger partial charge on any atom is 0.243 e. The molecule has 1 aromatic carbocycles. The van der Waals surface area contributed by atoms with Gasteiger partial charge in [0, 0.05) is 19.6 Å². The van der Waals surface area contributed by atoms with E-state index in [2.05, 4.69) is 5.32 Å². The van der Waals surface area contributed by atoms with Gasteiger partial charge in [-0.25, -0.2) is 12.8 Å². The van der Waals surface area contributed by atoms with E-state index in [4.69, 9.17) is 0 Å². The Labute approximate surface area is 125 Å². The highest BCUT2D eigenvalue weighted by Crippen LogP contribution is 2.24. The summed E-state index contributed by atoms with van der Waals surface area (Å²) in [5, 5.41) is 3.09. The maximum absolute atomic E-state index is 13.5. The minimum absolute atomic E-state index is 0.0661. The molecule has 1 aromatic rings. The molecule has 0 spiro atoms. The summed E-state index contributed by atoms with van der Waals surface area (Å²) >= 11 is 0. The molecule has 1 aliphatic heterocycles. The Bertz CT molecular complexity index is 641. The molecule has 0 bridgehead atoms. The monoisotopic (exact) mass is 312 g/mol. The number of hydrogen-bond donors (Lipinski definition) is 1. The predicted octanol–water partition coefficient (Wildman–Crippen LogP) is 2.28. The third kappa shape index (κ3) is 3.70. The van der Waals surface area contributed by atoms with Gasteiger partial charge >= 0.3 is 0 Å². The van der Waals surface area contributed by atoms with E-state index in [-0.39, 0.29) is 4.90 Å². The van der Waals surface area contributed by atoms with Crippen LogP contribution in [0.3, 0.4) is 0 Å². The average Bonchev–Trinajstić information content (AvgIpc) is 2.46. The summed E-state index contributed by atoms with van der Waals surface area (Å²) in [6.07, 6.45) is 2.63. The van der Waals surface area contributed by atoms with Gasteiger partial charge in [0.1, 0.15) is 5.82 Å². The Morgan fingerprint density at radius 3 is 2.76 bits per heavy atom. The highest BCUT2D eigenvalue weighted by atomic mass is 32.2. The van der Waals surface area contributed by atoms with Crippen LogP contribution in [0.15, 0.2) is 34.7 Å². The topological polar surface area (TPSA) is 49.4 Å². The van der Waals surface area contributed by atoms with E-state index in [0.717, 1.165) is 19.0 Å². The average molecular weight is 312 g/mol. The largest absolute Gasteiger partial charge is 0.313 e. The Kier molecular flexibility index (Phi) is 5.13. The first-order valence-corrected chi connectivity index (χ1v) is 8.54. The molecule has 0 aromatic heterocycles. The smallest absolute Gasteiger partial charge is 0.243 e. The quantitative estimate of drug-likeness (QED) is 0.849. The Morgan fingerprint density at radius 1 is 1.38 bits per heavy atom. The van der Waals surface area contributed by atoms with Crippen molar-refractivity contribution in [1.82, 2.24) is 9.62 Å². The Morgan fingerprint density at radius 2 is 2.14 bits per heavy atom. The molecule has 0 saturated carbocycles. The van der Waals surface area contributed by atoms with E-state index in [0.29, 0.717) is 25.2 Å². The minimum Gasteiger partial charge on any atom is -0.313 e. The van der Waals surface area contributed by atoms with Gasteiger partial charge in [0.25, 0.3) is 0 Å². The first-order chi connectivity index (χ1) is 9.95. The lowest BCUT2D eigenvalue weighted by molar-refractivity contribution is 0.430. The number of nitrogens with zero attached hydrogens (tertiary/aromatic N) is 1. The van der Waals surface area contributed by atoms with Crippen molar-refractivity contribution in [3.05, 3.63) is 41.2 Å². The normalized spacial score (nSPS) is 16.8. The van der Waals surface area contributed by atoms with E-state index >= 15 is 0 Å². The van der Waals surface area contributed by atoms with Crippen molar-refractivity contribution in [1.29, 1.82) is 0 Å². The SMILES string of the molecule is CCNCc1ccc(F)cc1S(=O)(=O)N1CC=C(C)CC1. The van der Waals surface area contributed by atoms with Crippen molar-refractivity contribution in [2.24, 2.45) is 0 Å². The number of nitrogens with one attached hydrogen (secondary N) is 1. The van der Waals surface area contributed by atoms with Crippen molar-refractivity contribution >= 4 is 10.0 Å². The fourth-order valence-electron chi connectivity index (χ4n) is 2.28. The van der Waals surface area contributed by atoms with Crippen molar-refractivity contribution in [2.45, 2.75) is 31.7 Å². The van der Waals surface area contributed by atoms with Gasteiger partial charge in [0.2, 0.25) is 10.0 Å². The van der Waals surface area contributed by atoms with Crippen LogP contribution in [0, 0.1) is 5.82 Å². The molecule has 1 aliphatic rings. The fourth-order valence-corrected chi connectivity index (χ4v) is 3.90. The minimum atomic E-state index is -3.66. The molecule has 1 N–H and O–H groups in total. The van der Waals surface area contributed by atoms with E-state index in [1.54, 1.807) is 0 Å². The van der Waals surface area contributed by atoms with Gasteiger partial charge in [0.05, 0.1) is 4.90 Å². The van der Waals surface area contributed by atoms with Crippen LogP contribution >= 0.6 is 0 Å². The van der Waals surface area contributed by atoms with Crippen molar-refractivity contribution in [3.63, 3.8) is 0 Å². The molecule has 0 radical (unpaired) electrons. The van der Waals surface area contributed by atoms with Crippen LogP contribution in [-0.2, 0) is 16.6 Å². The highest BCUT2D eigenvalue weighted by molar-refractivity contribution is 7.89. The van der Waals surface area contributed by atoms with Crippen molar-refractivity contribution in [2.75, 3.05) is 19.6 Å². The van der Waals surface area contributed by atoms with Crippen molar-refractivity contribution in [3.8, 4) is 0 Å². The summed E-state index contributed by atoms with van der Waals surface area (Å²) in [6, 6.07) is 3.95. The number of sulfonamides is 1. The predicted molar refractivity (Wildman–Crippen MR) is 80.9 cm³/mol. The molecular weight excluding hydrogens is 291 g/mol. The van der Waals surface area contributed by atoms with Gasteiger partial charge in [0.15, 0.2) is 0 Å². The van der Waals surface area contributed by atoms with E-state index in [1.165, 1.54) is 22.0 Å². The van der Waals surface area contributed by atoms with Gasteiger partial charge in [-0.3, -0.25) is 0 Å². The van der Waals surface area contributed by atoms with Crippen LogP contribution < -0.4 is 5.32 Å². The first-order valence-electron chi connectivity index (χ1n) is 7.10. The van der Waals surface area contributed by atoms with Crippen LogP contribution in [-0.4, -0.2) is 32.4 Å². The van der Waals surface area contributed by atoms with Crippen LogP contribution in [0.2, 0.25) is 0 Å². The lowest BCUT2D eigenvalue weighted by Gasteiger charge is -2.26. The molecule has 0 aliphatic carbocycles. The molecule has 2 rings (SSSR count). The zero-order chi connectivity index (χ0) is 15.5. The Hall–Kier alpha value is -1.24. The standard InChI is InChI=1S/C15H21FN2O2S/c1-3-17-11-13-4-5-14(16)10-15(13)21(19,20)18-8-6-12(2)7-9-18/h4-6,10,17H,3,7-9,11H2,1-2H3. The number of benzene rings is 1. The molecule has 0 saturated heterocycles. The molecule has 4 nitrogen and oxygen atoms in total. The van der Waals surface area contributed by atoms with E-state index in [9.17, 15) is 12.8 Å². The molecule has 0 amide bonds. The van der Waals surface area contributed by atoms with Crippen molar-refractivity contribution < 1.29 is 12.8 Å². The zero-order valence-corrected chi connectivity index (χ0v) is 13.2. The highest BCUT2D eigenvalue weighted by Gasteiger charge is 2.28. The lowest BCUT2D eigenvalue weighted by Crippen LogP contribution is -2.35. The third-order valence-electron chi connectivity index (χ3n) is 3.61. The van der Waals surface area contributed by atoms with E-state index in [1.807, 2.05) is 19.9 Å². The third-order valence-corrected chi connectivity index (χ3v) is 5.56. The summed E-state index contributed by atoms with van der Waals surface area (Å²) in [7, 11) is -3.66. The summed E-state index contributed by atoms with van der Waals surface area (Å²) in [5.41, 5.74) is 1.79. The molecule has 0 unspecified atom stereocenters. The van der Waals surface area contributed by atoms with Gasteiger partial charge < -0.3 is 5.32 Å². The van der Waals surface area contributed by atoms with Gasteiger partial charge in [-0.2, -0.15) is 4.31 Å². The fraction of sp³-hybridized carbons (Fsp3) is 0.467. The molecule has 0 fully saturated rings. The lowest BCUT2D eigenvalue weighted by atomic mass is 10.1. The molecular formula is C15H21FN2O2S. The second kappa shape index (κ2) is 6.68. The maximum atomic E-state index is 13.5. The van der Waals surface area contributed by atoms with Gasteiger partial charge in [-0.05, 0) is 37.6 Å². The van der Waals surface area contributed by atoms with E-state index < -0.39 is 15.8 Å². The summed E-state index contributed by atoms with van der Waals surface area (Å²) < 4.78 is 40.4. The zero-order valence-electron chi connectivity index (χ0n) is 12.4. The van der Waals surface area contributed by atoms with Gasteiger partial charge in [-0.15, -0.1) is 0 Å². The van der Waals surface area contributed by atoms with Crippen LogP contribution in [0.1, 0.15) is 25.8 Å². The number of halogens is 1. The Balaban J connectivity index is 2.36. The van der Waals surface area contributed by atoms with Crippen LogP contribution in [0.4, 0.5) is 4.39 Å². The van der Waals surface area contributed by atoms with Crippen LogP contribution in [0.25, 0.3) is 0 Å². The second-order valence-electron chi connectivity index (χ2n) is 5.20. The molecule has 1 heterocycles. The number of hydrogen-bond acceptors (Lipinski definition) is 3. The second-order valence-corrected chi connectivity index (χ2v) is 7.10. The molecule has 6 heteroatoms. The summed E-state index contributed by atoms with van der Waals surface area (Å²) in [5.74, 6) is -0.530. The molecule has 0 atom stereocenters. The molecule has 21 heavy (non-hydrogen) atoms. The summed E-state index contributed by atoms with van der Waals surface area (Å²) in [4.78, 5) is 0.0661. The van der Waals surface area contributed by atoms with Gasteiger partial charge in [-0.1, -0.05) is 24.6 Å². The number of rotatable bonds is 5. The summed E-state index contributed by atoms with van der Waals surface area (Å²) in [6.45, 7) is 5.86. The first kappa shape index (κ1) is 16.1.